The van der Waals surface area contributed by atoms with E-state index in [1.54, 1.807) is 0 Å². The van der Waals surface area contributed by atoms with Gasteiger partial charge in [0.05, 0.1) is 12.1 Å². The highest BCUT2D eigenvalue weighted by Crippen LogP contribution is 2.38. The molecule has 4 nitrogen and oxygen atoms in total. The molecule has 0 saturated heterocycles. The van der Waals surface area contributed by atoms with E-state index < -0.39 is 5.41 Å². The van der Waals surface area contributed by atoms with E-state index in [0.29, 0.717) is 12.8 Å². The van der Waals surface area contributed by atoms with Gasteiger partial charge in [0.15, 0.2) is 0 Å². The van der Waals surface area contributed by atoms with E-state index in [1.807, 2.05) is 39.2 Å². The Kier molecular flexibility index (Phi) is 5.20. The van der Waals surface area contributed by atoms with Crippen LogP contribution in [0.15, 0.2) is 30.3 Å². The molecule has 1 aromatic carbocycles. The van der Waals surface area contributed by atoms with Gasteiger partial charge < -0.3 is 10.2 Å². The number of carbonyl (C=O) groups is 1. The number of nitrogens with zero attached hydrogens (tertiary/aromatic N) is 2. The van der Waals surface area contributed by atoms with Gasteiger partial charge in [-0.15, -0.1) is 0 Å². The molecule has 0 aromatic heterocycles. The highest BCUT2D eigenvalue weighted by Gasteiger charge is 2.42. The second-order valence-electron chi connectivity index (χ2n) is 6.48. The Bertz CT molecular complexity index is 541. The Hall–Kier alpha value is -1.86. The summed E-state index contributed by atoms with van der Waals surface area (Å²) < 4.78 is 0. The van der Waals surface area contributed by atoms with Gasteiger partial charge in [-0.3, -0.25) is 4.79 Å². The maximum Gasteiger partial charge on any atom is 0.240 e. The van der Waals surface area contributed by atoms with Gasteiger partial charge >= 0.3 is 0 Å². The van der Waals surface area contributed by atoms with Crippen molar-refractivity contribution in [3.05, 3.63) is 35.9 Å². The standard InChI is InChI=1S/C18H25N3O/c1-14(16(21(2)3)15-9-5-4-6-10-15)20-17(22)18(13-19)11-7-8-12-18/h4-6,9-10,14,16H,7-8,11-12H2,1-3H3,(H,20,22). The summed E-state index contributed by atoms with van der Waals surface area (Å²) >= 11 is 0. The van der Waals surface area contributed by atoms with Gasteiger partial charge in [-0.05, 0) is 39.4 Å². The molecule has 0 spiro atoms. The maximum atomic E-state index is 12.6. The van der Waals surface area contributed by atoms with Crippen molar-refractivity contribution in [1.82, 2.24) is 10.2 Å². The fourth-order valence-electron chi connectivity index (χ4n) is 3.48. The molecule has 22 heavy (non-hydrogen) atoms. The molecule has 1 amide bonds. The Labute approximate surface area is 133 Å². The first-order valence-electron chi connectivity index (χ1n) is 7.94. The predicted molar refractivity (Wildman–Crippen MR) is 87.0 cm³/mol. The van der Waals surface area contributed by atoms with Crippen LogP contribution >= 0.6 is 0 Å². The third-order valence-electron chi connectivity index (χ3n) is 4.64. The normalized spacial score (nSPS) is 19.4. The number of rotatable bonds is 5. The van der Waals surface area contributed by atoms with Crippen LogP contribution in [0.1, 0.15) is 44.2 Å². The van der Waals surface area contributed by atoms with Crippen LogP contribution in [0.2, 0.25) is 0 Å². The molecule has 0 bridgehead atoms. The fraction of sp³-hybridized carbons (Fsp3) is 0.556. The van der Waals surface area contributed by atoms with Gasteiger partial charge in [0, 0.05) is 6.04 Å². The van der Waals surface area contributed by atoms with Gasteiger partial charge in [0.25, 0.3) is 0 Å². The Morgan fingerprint density at radius 2 is 1.86 bits per heavy atom. The highest BCUT2D eigenvalue weighted by atomic mass is 16.2. The second kappa shape index (κ2) is 6.93. The first-order valence-corrected chi connectivity index (χ1v) is 7.94. The SMILES string of the molecule is CC(NC(=O)C1(C#N)CCCC1)C(c1ccccc1)N(C)C. The summed E-state index contributed by atoms with van der Waals surface area (Å²) in [6.07, 6.45) is 3.29. The largest absolute Gasteiger partial charge is 0.350 e. The van der Waals surface area contributed by atoms with E-state index in [2.05, 4.69) is 28.4 Å². The van der Waals surface area contributed by atoms with Crippen molar-refractivity contribution >= 4 is 5.91 Å². The van der Waals surface area contributed by atoms with Crippen molar-refractivity contribution in [3.8, 4) is 6.07 Å². The molecule has 1 aromatic rings. The van der Waals surface area contributed by atoms with Gasteiger partial charge in [-0.25, -0.2) is 0 Å². The molecule has 1 aliphatic carbocycles. The number of likely N-dealkylation sites (N-methyl/N-ethyl adjacent to an activating group) is 1. The quantitative estimate of drug-likeness (QED) is 0.909. The molecule has 1 saturated carbocycles. The maximum absolute atomic E-state index is 12.6. The average molecular weight is 299 g/mol. The van der Waals surface area contributed by atoms with Crippen molar-refractivity contribution in [2.75, 3.05) is 14.1 Å². The molecule has 2 rings (SSSR count). The zero-order chi connectivity index (χ0) is 16.2. The van der Waals surface area contributed by atoms with Gasteiger partial charge in [-0.2, -0.15) is 5.26 Å². The predicted octanol–water partition coefficient (Wildman–Crippen LogP) is 2.88. The van der Waals surface area contributed by atoms with Crippen LogP contribution in [0, 0.1) is 16.7 Å². The monoisotopic (exact) mass is 299 g/mol. The molecule has 4 heteroatoms. The summed E-state index contributed by atoms with van der Waals surface area (Å²) in [6, 6.07) is 12.4. The number of hydrogen-bond acceptors (Lipinski definition) is 3. The van der Waals surface area contributed by atoms with Crippen molar-refractivity contribution < 1.29 is 4.79 Å². The van der Waals surface area contributed by atoms with Gasteiger partial charge in [0.2, 0.25) is 5.91 Å². The summed E-state index contributed by atoms with van der Waals surface area (Å²) in [4.78, 5) is 14.7. The lowest BCUT2D eigenvalue weighted by molar-refractivity contribution is -0.129. The topological polar surface area (TPSA) is 56.1 Å². The zero-order valence-corrected chi connectivity index (χ0v) is 13.7. The van der Waals surface area contributed by atoms with E-state index in [-0.39, 0.29) is 18.0 Å². The number of carbonyl (C=O) groups excluding carboxylic acids is 1. The zero-order valence-electron chi connectivity index (χ0n) is 13.7. The average Bonchev–Trinajstić information content (AvgIpc) is 2.98. The molecule has 1 N–H and O–H groups in total. The smallest absolute Gasteiger partial charge is 0.240 e. The van der Waals surface area contributed by atoms with Crippen molar-refractivity contribution in [2.45, 2.75) is 44.7 Å². The summed E-state index contributed by atoms with van der Waals surface area (Å²) in [7, 11) is 4.02. The third kappa shape index (κ3) is 3.31. The molecule has 0 aliphatic heterocycles. The second-order valence-corrected chi connectivity index (χ2v) is 6.48. The number of nitriles is 1. The molecule has 2 atom stereocenters. The summed E-state index contributed by atoms with van der Waals surface area (Å²) in [5, 5.41) is 12.5. The Morgan fingerprint density at radius 1 is 1.27 bits per heavy atom. The van der Waals surface area contributed by atoms with Crippen LogP contribution in [0.4, 0.5) is 0 Å². The molecule has 118 valence electrons. The van der Waals surface area contributed by atoms with E-state index in [0.717, 1.165) is 18.4 Å². The van der Waals surface area contributed by atoms with Crippen LogP contribution in [-0.2, 0) is 4.79 Å². The first kappa shape index (κ1) is 16.5. The van der Waals surface area contributed by atoms with Crippen LogP contribution in [0.25, 0.3) is 0 Å². The lowest BCUT2D eigenvalue weighted by Gasteiger charge is -2.33. The number of nitrogens with one attached hydrogen (secondary N) is 1. The molecular weight excluding hydrogens is 274 g/mol. The fourth-order valence-corrected chi connectivity index (χ4v) is 3.48. The molecule has 0 radical (unpaired) electrons. The van der Waals surface area contributed by atoms with E-state index in [1.165, 1.54) is 0 Å². The highest BCUT2D eigenvalue weighted by molar-refractivity contribution is 5.86. The summed E-state index contributed by atoms with van der Waals surface area (Å²) in [6.45, 7) is 2.01. The summed E-state index contributed by atoms with van der Waals surface area (Å²) in [5.41, 5.74) is 0.347. The molecule has 1 fully saturated rings. The lowest BCUT2D eigenvalue weighted by Crippen LogP contribution is -2.47. The molecule has 0 heterocycles. The van der Waals surface area contributed by atoms with Crippen LogP contribution < -0.4 is 5.32 Å². The van der Waals surface area contributed by atoms with Crippen LogP contribution in [-0.4, -0.2) is 30.9 Å². The van der Waals surface area contributed by atoms with Gasteiger partial charge in [-0.1, -0.05) is 43.2 Å². The lowest BCUT2D eigenvalue weighted by atomic mass is 9.86. The number of benzene rings is 1. The Morgan fingerprint density at radius 3 is 2.36 bits per heavy atom. The van der Waals surface area contributed by atoms with Crippen molar-refractivity contribution in [2.24, 2.45) is 5.41 Å². The minimum absolute atomic E-state index is 0.0595. The number of amides is 1. The number of hydrogen-bond donors (Lipinski definition) is 1. The molecular formula is C18H25N3O. The third-order valence-corrected chi connectivity index (χ3v) is 4.64. The van der Waals surface area contributed by atoms with Gasteiger partial charge in [0.1, 0.15) is 5.41 Å². The van der Waals surface area contributed by atoms with Crippen LogP contribution in [0.5, 0.6) is 0 Å². The van der Waals surface area contributed by atoms with E-state index >= 15 is 0 Å². The minimum atomic E-state index is -0.818. The van der Waals surface area contributed by atoms with Crippen molar-refractivity contribution in [3.63, 3.8) is 0 Å². The van der Waals surface area contributed by atoms with Crippen LogP contribution in [0.3, 0.4) is 0 Å². The van der Waals surface area contributed by atoms with Crippen molar-refractivity contribution in [1.29, 1.82) is 5.26 Å². The minimum Gasteiger partial charge on any atom is -0.350 e. The molecule has 2 unspecified atom stereocenters. The van der Waals surface area contributed by atoms with E-state index in [4.69, 9.17) is 0 Å². The first-order chi connectivity index (χ1) is 10.5. The summed E-state index contributed by atoms with van der Waals surface area (Å²) in [5.74, 6) is -0.109. The molecule has 1 aliphatic rings. The Balaban J connectivity index is 2.14. The van der Waals surface area contributed by atoms with E-state index in [9.17, 15) is 10.1 Å².